The van der Waals surface area contributed by atoms with Gasteiger partial charge in [0, 0.05) is 22.7 Å². The number of aromatic amines is 1. The van der Waals surface area contributed by atoms with Gasteiger partial charge in [0.05, 0.1) is 0 Å². The smallest absolute Gasteiger partial charge is 0.123 e. The predicted octanol–water partition coefficient (Wildman–Crippen LogP) is 6.04. The van der Waals surface area contributed by atoms with Crippen molar-refractivity contribution in [2.75, 3.05) is 0 Å². The van der Waals surface area contributed by atoms with Crippen molar-refractivity contribution in [1.82, 2.24) is 4.98 Å². The predicted molar refractivity (Wildman–Crippen MR) is 98.1 cm³/mol. The van der Waals surface area contributed by atoms with Gasteiger partial charge in [0.2, 0.25) is 0 Å². The Kier molecular flexibility index (Phi) is 3.90. The van der Waals surface area contributed by atoms with E-state index in [4.69, 9.17) is 0 Å². The molecule has 3 heteroatoms. The monoisotopic (exact) mass is 331 g/mol. The minimum Gasteiger partial charge on any atom is -0.361 e. The Labute approximate surface area is 144 Å². The quantitative estimate of drug-likeness (QED) is 0.471. The lowest BCUT2D eigenvalue weighted by Crippen LogP contribution is -1.89. The molecule has 0 amide bonds. The van der Waals surface area contributed by atoms with Gasteiger partial charge in [0.15, 0.2) is 0 Å². The highest BCUT2D eigenvalue weighted by Crippen LogP contribution is 2.29. The Bertz CT molecular complexity index is 994. The lowest BCUT2D eigenvalue weighted by Gasteiger charge is -2.09. The topological polar surface area (TPSA) is 15.8 Å². The van der Waals surface area contributed by atoms with Crippen molar-refractivity contribution >= 4 is 22.6 Å². The van der Waals surface area contributed by atoms with Gasteiger partial charge in [-0.1, -0.05) is 42.5 Å². The summed E-state index contributed by atoms with van der Waals surface area (Å²) in [6, 6.07) is 20.7. The van der Waals surface area contributed by atoms with Crippen molar-refractivity contribution in [3.05, 3.63) is 107 Å². The van der Waals surface area contributed by atoms with Gasteiger partial charge in [0.1, 0.15) is 11.6 Å². The number of para-hydroxylation sites is 1. The van der Waals surface area contributed by atoms with Crippen LogP contribution in [0.5, 0.6) is 0 Å². The van der Waals surface area contributed by atoms with Crippen LogP contribution in [-0.2, 0) is 0 Å². The highest BCUT2D eigenvalue weighted by atomic mass is 19.1. The average molecular weight is 331 g/mol. The molecule has 0 unspecified atom stereocenters. The SMILES string of the molecule is Fc1ccc(C(=Cc2c[nH]c3ccccc23)c2ccc(F)cc2)cc1. The number of rotatable bonds is 3. The molecule has 0 fully saturated rings. The number of H-pyrrole nitrogens is 1. The Balaban J connectivity index is 1.90. The first-order valence-electron chi connectivity index (χ1n) is 8.00. The molecule has 0 saturated heterocycles. The zero-order valence-corrected chi connectivity index (χ0v) is 13.3. The minimum absolute atomic E-state index is 0.283. The fourth-order valence-electron chi connectivity index (χ4n) is 2.96. The number of benzene rings is 3. The van der Waals surface area contributed by atoms with Crippen LogP contribution in [0, 0.1) is 11.6 Å². The standard InChI is InChI=1S/C22H15F2N/c23-18-9-5-15(6-10-18)21(16-7-11-19(24)12-8-16)13-17-14-25-22-4-2-1-3-20(17)22/h1-14,25H. The summed E-state index contributed by atoms with van der Waals surface area (Å²) in [5.41, 5.74) is 4.73. The zero-order chi connectivity index (χ0) is 17.2. The molecule has 0 bridgehead atoms. The van der Waals surface area contributed by atoms with Gasteiger partial charge in [0.25, 0.3) is 0 Å². The normalized spacial score (nSPS) is 10.8. The Morgan fingerprint density at radius 2 is 1.28 bits per heavy atom. The molecule has 1 aromatic heterocycles. The molecule has 4 rings (SSSR count). The Hall–Kier alpha value is -3.20. The van der Waals surface area contributed by atoms with Gasteiger partial charge in [-0.15, -0.1) is 0 Å². The van der Waals surface area contributed by atoms with Gasteiger partial charge >= 0.3 is 0 Å². The number of hydrogen-bond acceptors (Lipinski definition) is 0. The fraction of sp³-hybridized carbons (Fsp3) is 0. The third-order valence-electron chi connectivity index (χ3n) is 4.23. The highest BCUT2D eigenvalue weighted by Gasteiger charge is 2.08. The first-order chi connectivity index (χ1) is 12.2. The minimum atomic E-state index is -0.283. The number of hydrogen-bond donors (Lipinski definition) is 1. The van der Waals surface area contributed by atoms with Crippen LogP contribution in [0.1, 0.15) is 16.7 Å². The van der Waals surface area contributed by atoms with Gasteiger partial charge in [-0.2, -0.15) is 0 Å². The average Bonchev–Trinajstić information content (AvgIpc) is 3.05. The lowest BCUT2D eigenvalue weighted by atomic mass is 9.95. The molecule has 0 aliphatic rings. The molecule has 1 nitrogen and oxygen atoms in total. The van der Waals surface area contributed by atoms with E-state index < -0.39 is 0 Å². The van der Waals surface area contributed by atoms with E-state index in [9.17, 15) is 8.78 Å². The van der Waals surface area contributed by atoms with E-state index in [-0.39, 0.29) is 11.6 Å². The van der Waals surface area contributed by atoms with E-state index in [0.29, 0.717) is 0 Å². The van der Waals surface area contributed by atoms with Crippen LogP contribution in [0.2, 0.25) is 0 Å². The fourth-order valence-corrected chi connectivity index (χ4v) is 2.96. The third kappa shape index (κ3) is 3.09. The van der Waals surface area contributed by atoms with Crippen molar-refractivity contribution in [1.29, 1.82) is 0 Å². The van der Waals surface area contributed by atoms with Crippen LogP contribution in [-0.4, -0.2) is 4.98 Å². The maximum absolute atomic E-state index is 13.3. The van der Waals surface area contributed by atoms with Crippen LogP contribution in [0.15, 0.2) is 79.0 Å². The molecule has 4 aromatic rings. The van der Waals surface area contributed by atoms with Crippen molar-refractivity contribution in [2.24, 2.45) is 0 Å². The van der Waals surface area contributed by atoms with Gasteiger partial charge in [-0.05, 0) is 53.1 Å². The number of halogens is 2. The third-order valence-corrected chi connectivity index (χ3v) is 4.23. The van der Waals surface area contributed by atoms with Crippen molar-refractivity contribution in [2.45, 2.75) is 0 Å². The molecule has 0 atom stereocenters. The molecular formula is C22H15F2N. The first kappa shape index (κ1) is 15.3. The second-order valence-electron chi connectivity index (χ2n) is 5.86. The summed E-state index contributed by atoms with van der Waals surface area (Å²) in [6.45, 7) is 0. The summed E-state index contributed by atoms with van der Waals surface area (Å²) in [7, 11) is 0. The van der Waals surface area contributed by atoms with Gasteiger partial charge < -0.3 is 4.98 Å². The van der Waals surface area contributed by atoms with Crippen LogP contribution in [0.25, 0.3) is 22.6 Å². The molecule has 0 spiro atoms. The molecule has 0 saturated carbocycles. The Morgan fingerprint density at radius 3 is 1.88 bits per heavy atom. The molecule has 0 aliphatic carbocycles. The molecule has 1 heterocycles. The van der Waals surface area contributed by atoms with Gasteiger partial charge in [-0.25, -0.2) is 8.78 Å². The van der Waals surface area contributed by atoms with Gasteiger partial charge in [-0.3, -0.25) is 0 Å². The van der Waals surface area contributed by atoms with E-state index in [1.165, 1.54) is 24.3 Å². The van der Waals surface area contributed by atoms with E-state index >= 15 is 0 Å². The summed E-state index contributed by atoms with van der Waals surface area (Å²) >= 11 is 0. The molecule has 0 radical (unpaired) electrons. The van der Waals surface area contributed by atoms with Crippen LogP contribution >= 0.6 is 0 Å². The summed E-state index contributed by atoms with van der Waals surface area (Å²) in [6.07, 6.45) is 3.98. The second kappa shape index (κ2) is 6.36. The summed E-state index contributed by atoms with van der Waals surface area (Å²) in [4.78, 5) is 3.25. The summed E-state index contributed by atoms with van der Waals surface area (Å²) in [5.74, 6) is -0.566. The van der Waals surface area contributed by atoms with E-state index in [2.05, 4.69) is 4.98 Å². The molecule has 0 aliphatic heterocycles. The van der Waals surface area contributed by atoms with Crippen LogP contribution in [0.3, 0.4) is 0 Å². The number of nitrogens with one attached hydrogen (secondary N) is 1. The highest BCUT2D eigenvalue weighted by molar-refractivity contribution is 5.98. The molecule has 1 N–H and O–H groups in total. The second-order valence-corrected chi connectivity index (χ2v) is 5.86. The first-order valence-corrected chi connectivity index (χ1v) is 8.00. The van der Waals surface area contributed by atoms with E-state index in [1.807, 2.05) is 36.5 Å². The Morgan fingerprint density at radius 1 is 0.720 bits per heavy atom. The maximum atomic E-state index is 13.3. The molecule has 122 valence electrons. The van der Waals surface area contributed by atoms with Crippen molar-refractivity contribution in [3.63, 3.8) is 0 Å². The van der Waals surface area contributed by atoms with Crippen molar-refractivity contribution in [3.8, 4) is 0 Å². The summed E-state index contributed by atoms with van der Waals surface area (Å²) in [5, 5.41) is 1.10. The van der Waals surface area contributed by atoms with Crippen LogP contribution in [0.4, 0.5) is 8.78 Å². The molecule has 25 heavy (non-hydrogen) atoms. The zero-order valence-electron chi connectivity index (χ0n) is 13.3. The maximum Gasteiger partial charge on any atom is 0.123 e. The van der Waals surface area contributed by atoms with Crippen molar-refractivity contribution < 1.29 is 8.78 Å². The molecule has 3 aromatic carbocycles. The lowest BCUT2D eigenvalue weighted by molar-refractivity contribution is 0.627. The number of fused-ring (bicyclic) bond motifs is 1. The van der Waals surface area contributed by atoms with E-state index in [0.717, 1.165) is 33.2 Å². The largest absolute Gasteiger partial charge is 0.361 e. The molecular weight excluding hydrogens is 316 g/mol. The van der Waals surface area contributed by atoms with E-state index in [1.54, 1.807) is 24.3 Å². The summed E-state index contributed by atoms with van der Waals surface area (Å²) < 4.78 is 26.6. The number of aromatic nitrogens is 1. The van der Waals surface area contributed by atoms with Crippen LogP contribution < -0.4 is 0 Å².